The van der Waals surface area contributed by atoms with E-state index in [2.05, 4.69) is 5.32 Å². The van der Waals surface area contributed by atoms with Crippen LogP contribution in [0.1, 0.15) is 16.7 Å². The van der Waals surface area contributed by atoms with Gasteiger partial charge in [-0.15, -0.1) is 0 Å². The minimum atomic E-state index is -0.243. The van der Waals surface area contributed by atoms with Crippen LogP contribution < -0.4 is 19.5 Å². The van der Waals surface area contributed by atoms with Crippen molar-refractivity contribution in [2.75, 3.05) is 32.7 Å². The number of hydrogen-bond acceptors (Lipinski definition) is 5. The maximum Gasteiger partial charge on any atom is 0.322 e. The van der Waals surface area contributed by atoms with Gasteiger partial charge in [0.2, 0.25) is 0 Å². The third kappa shape index (κ3) is 5.92. The van der Waals surface area contributed by atoms with Crippen molar-refractivity contribution in [3.63, 3.8) is 0 Å². The van der Waals surface area contributed by atoms with Crippen LogP contribution in [0.5, 0.6) is 17.2 Å². The molecule has 3 aromatic carbocycles. The maximum absolute atomic E-state index is 13.1. The summed E-state index contributed by atoms with van der Waals surface area (Å²) in [7, 11) is 3.14. The van der Waals surface area contributed by atoms with Gasteiger partial charge in [0.05, 0.1) is 46.2 Å². The predicted molar refractivity (Wildman–Crippen MR) is 131 cm³/mol. The first-order chi connectivity index (χ1) is 16.6. The Labute approximate surface area is 204 Å². The van der Waals surface area contributed by atoms with Crippen molar-refractivity contribution in [1.29, 1.82) is 0 Å². The van der Waals surface area contributed by atoms with Gasteiger partial charge in [-0.2, -0.15) is 0 Å². The summed E-state index contributed by atoms with van der Waals surface area (Å²) >= 11 is 5.93. The molecule has 0 aromatic heterocycles. The van der Waals surface area contributed by atoms with Crippen molar-refractivity contribution in [3.05, 3.63) is 82.4 Å². The number of rotatable bonds is 7. The summed E-state index contributed by atoms with van der Waals surface area (Å²) in [6.45, 7) is 2.21. The van der Waals surface area contributed by atoms with Crippen LogP contribution in [0.25, 0.3) is 0 Å². The van der Waals surface area contributed by atoms with Crippen molar-refractivity contribution in [2.45, 2.75) is 19.8 Å². The van der Waals surface area contributed by atoms with Crippen LogP contribution in [-0.4, -0.2) is 38.3 Å². The van der Waals surface area contributed by atoms with Gasteiger partial charge in [0, 0.05) is 16.7 Å². The molecular weight excluding hydrogens is 456 g/mol. The smallest absolute Gasteiger partial charge is 0.322 e. The first-order valence-corrected chi connectivity index (χ1v) is 11.3. The van der Waals surface area contributed by atoms with E-state index in [0.717, 1.165) is 22.4 Å². The fraction of sp³-hybridized carbons (Fsp3) is 0.269. The van der Waals surface area contributed by atoms with Gasteiger partial charge in [-0.3, -0.25) is 0 Å². The molecule has 0 unspecified atom stereocenters. The summed E-state index contributed by atoms with van der Waals surface area (Å²) in [6.07, 6.45) is 0. The highest BCUT2D eigenvalue weighted by Gasteiger charge is 2.21. The molecule has 34 heavy (non-hydrogen) atoms. The lowest BCUT2D eigenvalue weighted by Crippen LogP contribution is -2.36. The van der Waals surface area contributed by atoms with E-state index < -0.39 is 0 Å². The zero-order valence-electron chi connectivity index (χ0n) is 19.2. The van der Waals surface area contributed by atoms with Crippen molar-refractivity contribution in [1.82, 2.24) is 4.90 Å². The zero-order chi connectivity index (χ0) is 23.9. The Hall–Kier alpha value is -3.42. The lowest BCUT2D eigenvalue weighted by atomic mass is 10.1. The Kier molecular flexibility index (Phi) is 7.77. The number of carbonyl (C=O) groups is 1. The van der Waals surface area contributed by atoms with Crippen molar-refractivity contribution < 1.29 is 23.7 Å². The SMILES string of the molecule is COc1ccc(OC)c(NC(=O)N2CCOc3ccc(COCc4ccc(Cl)cc4)cc3C2)c1. The molecule has 0 spiro atoms. The topological polar surface area (TPSA) is 69.3 Å². The van der Waals surface area contributed by atoms with E-state index in [9.17, 15) is 4.79 Å². The van der Waals surface area contributed by atoms with Crippen LogP contribution in [0.3, 0.4) is 0 Å². The van der Waals surface area contributed by atoms with Crippen molar-refractivity contribution >= 4 is 23.3 Å². The molecule has 1 aliphatic rings. The molecule has 2 amide bonds. The zero-order valence-corrected chi connectivity index (χ0v) is 19.9. The maximum atomic E-state index is 13.1. The molecule has 8 heteroatoms. The summed E-state index contributed by atoms with van der Waals surface area (Å²) < 4.78 is 22.4. The highest BCUT2D eigenvalue weighted by molar-refractivity contribution is 6.30. The Bertz CT molecular complexity index is 1140. The van der Waals surface area contributed by atoms with Gasteiger partial charge in [-0.1, -0.05) is 29.8 Å². The molecule has 0 radical (unpaired) electrons. The molecule has 0 atom stereocenters. The van der Waals surface area contributed by atoms with E-state index in [1.807, 2.05) is 42.5 Å². The van der Waals surface area contributed by atoms with E-state index in [-0.39, 0.29) is 6.03 Å². The molecule has 7 nitrogen and oxygen atoms in total. The second-order valence-corrected chi connectivity index (χ2v) is 8.26. The molecule has 1 heterocycles. The summed E-state index contributed by atoms with van der Waals surface area (Å²) in [4.78, 5) is 14.8. The number of nitrogens with one attached hydrogen (secondary N) is 1. The summed E-state index contributed by atoms with van der Waals surface area (Å²) in [6, 6.07) is 18.5. The van der Waals surface area contributed by atoms with E-state index in [1.54, 1.807) is 37.3 Å². The van der Waals surface area contributed by atoms with Crippen LogP contribution >= 0.6 is 11.6 Å². The molecule has 0 saturated heterocycles. The van der Waals surface area contributed by atoms with Gasteiger partial charge in [-0.05, 0) is 47.5 Å². The molecule has 3 aromatic rings. The Morgan fingerprint density at radius 1 is 1.00 bits per heavy atom. The second kappa shape index (κ2) is 11.1. The van der Waals surface area contributed by atoms with E-state index >= 15 is 0 Å². The van der Waals surface area contributed by atoms with Crippen LogP contribution in [0.15, 0.2) is 60.7 Å². The van der Waals surface area contributed by atoms with Gasteiger partial charge in [-0.25, -0.2) is 4.79 Å². The minimum Gasteiger partial charge on any atom is -0.497 e. The predicted octanol–water partition coefficient (Wildman–Crippen LogP) is 5.50. The third-order valence-electron chi connectivity index (χ3n) is 5.49. The van der Waals surface area contributed by atoms with Crippen LogP contribution in [0.4, 0.5) is 10.5 Å². The van der Waals surface area contributed by atoms with Crippen molar-refractivity contribution in [3.8, 4) is 17.2 Å². The van der Waals surface area contributed by atoms with Crippen molar-refractivity contribution in [2.24, 2.45) is 0 Å². The fourth-order valence-electron chi connectivity index (χ4n) is 3.68. The van der Waals surface area contributed by atoms with Gasteiger partial charge in [0.1, 0.15) is 23.9 Å². The molecule has 0 fully saturated rings. The molecular formula is C26H27ClN2O5. The van der Waals surface area contributed by atoms with E-state index in [4.69, 9.17) is 30.5 Å². The summed E-state index contributed by atoms with van der Waals surface area (Å²) in [5.41, 5.74) is 3.53. The van der Waals surface area contributed by atoms with Gasteiger partial charge in [0.15, 0.2) is 0 Å². The number of benzene rings is 3. The first kappa shape index (κ1) is 23.7. The Balaban J connectivity index is 1.41. The second-order valence-electron chi connectivity index (χ2n) is 7.83. The number of anilines is 1. The van der Waals surface area contributed by atoms with E-state index in [0.29, 0.717) is 55.1 Å². The largest absolute Gasteiger partial charge is 0.497 e. The normalized spacial score (nSPS) is 12.9. The molecule has 0 aliphatic carbocycles. The lowest BCUT2D eigenvalue weighted by molar-refractivity contribution is 0.107. The number of ether oxygens (including phenoxy) is 4. The van der Waals surface area contributed by atoms with Crippen LogP contribution in [-0.2, 0) is 24.5 Å². The molecule has 0 bridgehead atoms. The van der Waals surface area contributed by atoms with E-state index in [1.165, 1.54) is 0 Å². The fourth-order valence-corrected chi connectivity index (χ4v) is 3.81. The molecule has 178 valence electrons. The monoisotopic (exact) mass is 482 g/mol. The average Bonchev–Trinajstić information content (AvgIpc) is 3.07. The lowest BCUT2D eigenvalue weighted by Gasteiger charge is -2.21. The van der Waals surface area contributed by atoms with Crippen LogP contribution in [0, 0.1) is 0 Å². The Morgan fingerprint density at radius 2 is 1.76 bits per heavy atom. The minimum absolute atomic E-state index is 0.243. The molecule has 4 rings (SSSR count). The first-order valence-electron chi connectivity index (χ1n) is 10.9. The third-order valence-corrected chi connectivity index (χ3v) is 5.74. The summed E-state index contributed by atoms with van der Waals surface area (Å²) in [5, 5.41) is 3.63. The molecule has 1 N–H and O–H groups in total. The molecule has 1 aliphatic heterocycles. The highest BCUT2D eigenvalue weighted by atomic mass is 35.5. The standard InChI is InChI=1S/C26H27ClN2O5/c1-31-22-8-10-25(32-2)23(14-22)28-26(30)29-11-12-34-24-9-5-19(13-20(24)15-29)17-33-16-18-3-6-21(27)7-4-18/h3-10,13-14H,11-12,15-17H2,1-2H3,(H,28,30). The number of amides is 2. The van der Waals surface area contributed by atoms with Gasteiger partial charge >= 0.3 is 6.03 Å². The number of fused-ring (bicyclic) bond motifs is 1. The van der Waals surface area contributed by atoms with Gasteiger partial charge < -0.3 is 29.2 Å². The highest BCUT2D eigenvalue weighted by Crippen LogP contribution is 2.30. The van der Waals surface area contributed by atoms with Gasteiger partial charge in [0.25, 0.3) is 0 Å². The number of carbonyl (C=O) groups excluding carboxylic acids is 1. The number of hydrogen-bond donors (Lipinski definition) is 1. The quantitative estimate of drug-likeness (QED) is 0.481. The number of methoxy groups -OCH3 is 2. The number of urea groups is 1. The van der Waals surface area contributed by atoms with Crippen LogP contribution in [0.2, 0.25) is 5.02 Å². The Morgan fingerprint density at radius 3 is 2.53 bits per heavy atom. The number of halogens is 1. The number of nitrogens with zero attached hydrogens (tertiary/aromatic N) is 1. The summed E-state index contributed by atoms with van der Waals surface area (Å²) in [5.74, 6) is 1.96. The average molecular weight is 483 g/mol. The molecule has 0 saturated carbocycles.